The molecule has 0 atom stereocenters. The molecule has 0 amide bonds. The quantitative estimate of drug-likeness (QED) is 0.341. The Bertz CT molecular complexity index is 1190. The zero-order valence-corrected chi connectivity index (χ0v) is 20.7. The van der Waals surface area contributed by atoms with Gasteiger partial charge in [0.2, 0.25) is 0 Å². The molecule has 0 spiro atoms. The van der Waals surface area contributed by atoms with Crippen LogP contribution in [0.1, 0.15) is 69.1 Å². The summed E-state index contributed by atoms with van der Waals surface area (Å²) in [4.78, 5) is 0. The van der Waals surface area contributed by atoms with Crippen LogP contribution in [0.25, 0.3) is 22.3 Å². The third-order valence-electron chi connectivity index (χ3n) is 9.51. The fraction of sp³-hybridized carbons (Fsp3) is 0.419. The van der Waals surface area contributed by atoms with E-state index >= 15 is 0 Å². The second kappa shape index (κ2) is 6.60. The van der Waals surface area contributed by atoms with E-state index in [2.05, 4.69) is 90.4 Å². The van der Waals surface area contributed by atoms with E-state index in [0.717, 1.165) is 22.2 Å². The standard InChI is InChI=1S/C31H31Br/c1-30(2)28-14-23(5-9-26(28)27-10-8-25(32)15-29(27)30)22-3-6-24(7-4-22)31-16-19-11-20(17-31)13-21(12-19)18-31/h3-10,14-15,19-21H,11-13,16-18H2,1-2H3. The van der Waals surface area contributed by atoms with Crippen LogP contribution in [0.2, 0.25) is 0 Å². The molecule has 4 bridgehead atoms. The second-order valence-electron chi connectivity index (χ2n) is 11.9. The molecule has 0 unspecified atom stereocenters. The lowest BCUT2D eigenvalue weighted by molar-refractivity contribution is -0.00518. The van der Waals surface area contributed by atoms with E-state index < -0.39 is 0 Å². The maximum absolute atomic E-state index is 3.68. The molecule has 0 aliphatic heterocycles. The molecule has 5 aliphatic carbocycles. The lowest BCUT2D eigenvalue weighted by atomic mass is 9.48. The highest BCUT2D eigenvalue weighted by atomic mass is 79.9. The van der Waals surface area contributed by atoms with Crippen LogP contribution >= 0.6 is 15.9 Å². The predicted molar refractivity (Wildman–Crippen MR) is 137 cm³/mol. The van der Waals surface area contributed by atoms with Crippen molar-refractivity contribution in [2.24, 2.45) is 17.8 Å². The third-order valence-corrected chi connectivity index (χ3v) is 10.0. The van der Waals surface area contributed by atoms with Gasteiger partial charge in [-0.1, -0.05) is 72.2 Å². The second-order valence-corrected chi connectivity index (χ2v) is 12.8. The van der Waals surface area contributed by atoms with Crippen molar-refractivity contribution in [2.75, 3.05) is 0 Å². The van der Waals surface area contributed by atoms with Gasteiger partial charge < -0.3 is 0 Å². The van der Waals surface area contributed by atoms with Gasteiger partial charge in [-0.3, -0.25) is 0 Å². The first-order valence-corrected chi connectivity index (χ1v) is 13.3. The maximum Gasteiger partial charge on any atom is 0.0178 e. The largest absolute Gasteiger partial charge is 0.0579 e. The maximum atomic E-state index is 3.68. The summed E-state index contributed by atoms with van der Waals surface area (Å²) in [5.41, 5.74) is 10.5. The Morgan fingerprint density at radius 3 is 1.81 bits per heavy atom. The highest BCUT2D eigenvalue weighted by Crippen LogP contribution is 2.60. The molecule has 1 heteroatoms. The summed E-state index contributed by atoms with van der Waals surface area (Å²) in [6, 6.07) is 23.6. The highest BCUT2D eigenvalue weighted by Gasteiger charge is 2.51. The van der Waals surface area contributed by atoms with E-state index in [1.165, 1.54) is 71.9 Å². The minimum absolute atomic E-state index is 0.0313. The molecular weight excluding hydrogens is 452 g/mol. The van der Waals surface area contributed by atoms with Gasteiger partial charge in [-0.15, -0.1) is 0 Å². The van der Waals surface area contributed by atoms with Crippen molar-refractivity contribution in [3.05, 3.63) is 81.8 Å². The van der Waals surface area contributed by atoms with Crippen molar-refractivity contribution in [1.82, 2.24) is 0 Å². The van der Waals surface area contributed by atoms with Crippen LogP contribution in [0.4, 0.5) is 0 Å². The van der Waals surface area contributed by atoms with Gasteiger partial charge in [0, 0.05) is 9.89 Å². The van der Waals surface area contributed by atoms with Crippen LogP contribution in [-0.4, -0.2) is 0 Å². The Balaban J connectivity index is 1.24. The zero-order valence-electron chi connectivity index (χ0n) is 19.1. The number of benzene rings is 3. The summed E-state index contributed by atoms with van der Waals surface area (Å²) in [7, 11) is 0. The lowest BCUT2D eigenvalue weighted by Gasteiger charge is -2.57. The van der Waals surface area contributed by atoms with Crippen molar-refractivity contribution in [3.8, 4) is 22.3 Å². The fourth-order valence-electron chi connectivity index (χ4n) is 8.37. The molecule has 0 saturated heterocycles. The normalized spacial score (nSPS) is 30.9. The average molecular weight is 483 g/mol. The van der Waals surface area contributed by atoms with E-state index in [-0.39, 0.29) is 5.41 Å². The van der Waals surface area contributed by atoms with E-state index in [1.807, 2.05) is 0 Å². The Kier molecular flexibility index (Phi) is 4.04. The molecule has 8 rings (SSSR count). The first-order valence-electron chi connectivity index (χ1n) is 12.5. The Morgan fingerprint density at radius 1 is 0.656 bits per heavy atom. The minimum Gasteiger partial charge on any atom is -0.0579 e. The van der Waals surface area contributed by atoms with Crippen LogP contribution in [-0.2, 0) is 10.8 Å². The molecule has 5 aliphatic rings. The number of rotatable bonds is 2. The van der Waals surface area contributed by atoms with E-state index in [0.29, 0.717) is 5.41 Å². The van der Waals surface area contributed by atoms with Crippen molar-refractivity contribution >= 4 is 15.9 Å². The zero-order chi connectivity index (χ0) is 21.7. The number of hydrogen-bond donors (Lipinski definition) is 0. The molecule has 162 valence electrons. The van der Waals surface area contributed by atoms with Crippen molar-refractivity contribution < 1.29 is 0 Å². The molecule has 3 aromatic carbocycles. The molecule has 0 heterocycles. The molecule has 0 aromatic heterocycles. The summed E-state index contributed by atoms with van der Waals surface area (Å²) in [6.07, 6.45) is 8.88. The summed E-state index contributed by atoms with van der Waals surface area (Å²) in [5, 5.41) is 0. The summed E-state index contributed by atoms with van der Waals surface area (Å²) in [6.45, 7) is 4.73. The van der Waals surface area contributed by atoms with Crippen LogP contribution in [0.15, 0.2) is 65.1 Å². The first-order chi connectivity index (χ1) is 15.4. The number of halogens is 1. The van der Waals surface area contributed by atoms with Crippen LogP contribution < -0.4 is 0 Å². The van der Waals surface area contributed by atoms with Crippen LogP contribution in [0.3, 0.4) is 0 Å². The van der Waals surface area contributed by atoms with Gasteiger partial charge in [0.05, 0.1) is 0 Å². The van der Waals surface area contributed by atoms with Crippen LogP contribution in [0, 0.1) is 17.8 Å². The van der Waals surface area contributed by atoms with Gasteiger partial charge in [0.15, 0.2) is 0 Å². The van der Waals surface area contributed by atoms with Gasteiger partial charge in [0.25, 0.3) is 0 Å². The summed E-state index contributed by atoms with van der Waals surface area (Å²) >= 11 is 3.68. The summed E-state index contributed by atoms with van der Waals surface area (Å²) < 4.78 is 1.16. The van der Waals surface area contributed by atoms with E-state index in [4.69, 9.17) is 0 Å². The fourth-order valence-corrected chi connectivity index (χ4v) is 8.73. The highest BCUT2D eigenvalue weighted by molar-refractivity contribution is 9.10. The average Bonchev–Trinajstić information content (AvgIpc) is 2.99. The van der Waals surface area contributed by atoms with Gasteiger partial charge in [-0.2, -0.15) is 0 Å². The van der Waals surface area contributed by atoms with Crippen LogP contribution in [0.5, 0.6) is 0 Å². The molecule has 4 fully saturated rings. The van der Waals surface area contributed by atoms with E-state index in [1.54, 1.807) is 5.56 Å². The Hall–Kier alpha value is -1.86. The lowest BCUT2D eigenvalue weighted by Crippen LogP contribution is -2.48. The minimum atomic E-state index is 0.0313. The molecule has 0 nitrogen and oxygen atoms in total. The molecule has 4 saturated carbocycles. The molecule has 0 N–H and O–H groups in total. The molecule has 32 heavy (non-hydrogen) atoms. The summed E-state index contributed by atoms with van der Waals surface area (Å²) in [5.74, 6) is 3.00. The monoisotopic (exact) mass is 482 g/mol. The third kappa shape index (κ3) is 2.73. The molecule has 3 aromatic rings. The molecular formula is C31H31Br. The van der Waals surface area contributed by atoms with Gasteiger partial charge in [-0.05, 0) is 119 Å². The predicted octanol–water partition coefficient (Wildman–Crippen LogP) is 8.89. The Morgan fingerprint density at radius 2 is 1.19 bits per heavy atom. The smallest absolute Gasteiger partial charge is 0.0178 e. The Labute approximate surface area is 200 Å². The van der Waals surface area contributed by atoms with Gasteiger partial charge >= 0.3 is 0 Å². The first kappa shape index (κ1) is 19.6. The number of hydrogen-bond acceptors (Lipinski definition) is 0. The molecule has 0 radical (unpaired) electrons. The number of fused-ring (bicyclic) bond motifs is 3. The van der Waals surface area contributed by atoms with Gasteiger partial charge in [0.1, 0.15) is 0 Å². The van der Waals surface area contributed by atoms with Crippen molar-refractivity contribution in [3.63, 3.8) is 0 Å². The SMILES string of the molecule is CC1(C)c2cc(Br)ccc2-c2ccc(-c3ccc(C45CC6CC(CC(C6)C4)C5)cc3)cc21. The van der Waals surface area contributed by atoms with Crippen molar-refractivity contribution in [2.45, 2.75) is 63.2 Å². The topological polar surface area (TPSA) is 0 Å². The van der Waals surface area contributed by atoms with E-state index in [9.17, 15) is 0 Å². The van der Waals surface area contributed by atoms with Gasteiger partial charge in [-0.25, -0.2) is 0 Å². The van der Waals surface area contributed by atoms with Crippen molar-refractivity contribution in [1.29, 1.82) is 0 Å².